The summed E-state index contributed by atoms with van der Waals surface area (Å²) in [6.45, 7) is 7.08. The molecule has 0 spiro atoms. The molecule has 0 bridgehead atoms. The van der Waals surface area contributed by atoms with Crippen molar-refractivity contribution in [1.82, 2.24) is 0 Å². The first kappa shape index (κ1) is 12.0. The van der Waals surface area contributed by atoms with Gasteiger partial charge in [0.25, 0.3) is 0 Å². The van der Waals surface area contributed by atoms with Crippen molar-refractivity contribution in [1.29, 1.82) is 0 Å². The van der Waals surface area contributed by atoms with Crippen LogP contribution in [0.15, 0.2) is 23.2 Å². The Kier molecular flexibility index (Phi) is 3.36. The molecule has 1 unspecified atom stereocenters. The molecule has 2 rings (SSSR count). The quantitative estimate of drug-likeness (QED) is 0.803. The minimum Gasteiger partial charge on any atom is -0.497 e. The summed E-state index contributed by atoms with van der Waals surface area (Å²) in [5.74, 6) is 2.15. The van der Waals surface area contributed by atoms with Crippen LogP contribution in [0.25, 0.3) is 0 Å². The maximum Gasteiger partial charge on any atom is 0.216 e. The zero-order chi connectivity index (χ0) is 12.4. The number of aliphatic imine (C=N–C) groups is 1. The number of benzene rings is 1. The van der Waals surface area contributed by atoms with Crippen molar-refractivity contribution in [3.63, 3.8) is 0 Å². The standard InChI is InChI=1S/C14H19NO2/c1-9(2)13-8-17-14(15-13)12-6-5-11(16-4)7-10(12)3/h5-7,9,13H,8H2,1-4H3. The van der Waals surface area contributed by atoms with Crippen LogP contribution in [0.3, 0.4) is 0 Å². The van der Waals surface area contributed by atoms with E-state index >= 15 is 0 Å². The monoisotopic (exact) mass is 233 g/mol. The summed E-state index contributed by atoms with van der Waals surface area (Å²) in [4.78, 5) is 4.63. The van der Waals surface area contributed by atoms with E-state index in [0.717, 1.165) is 22.8 Å². The van der Waals surface area contributed by atoms with Gasteiger partial charge >= 0.3 is 0 Å². The van der Waals surface area contributed by atoms with Crippen molar-refractivity contribution in [3.05, 3.63) is 29.3 Å². The van der Waals surface area contributed by atoms with Crippen molar-refractivity contribution in [2.75, 3.05) is 13.7 Å². The van der Waals surface area contributed by atoms with Gasteiger partial charge in [-0.2, -0.15) is 0 Å². The summed E-state index contributed by atoms with van der Waals surface area (Å²) in [7, 11) is 1.67. The number of aryl methyl sites for hydroxylation is 1. The van der Waals surface area contributed by atoms with Crippen LogP contribution in [0.5, 0.6) is 5.75 Å². The molecule has 0 radical (unpaired) electrons. The van der Waals surface area contributed by atoms with Crippen molar-refractivity contribution < 1.29 is 9.47 Å². The van der Waals surface area contributed by atoms with Crippen LogP contribution in [0.1, 0.15) is 25.0 Å². The molecule has 0 amide bonds. The van der Waals surface area contributed by atoms with E-state index in [1.54, 1.807) is 7.11 Å². The number of methoxy groups -OCH3 is 1. The number of hydrogen-bond donors (Lipinski definition) is 0. The molecule has 3 heteroatoms. The molecule has 0 N–H and O–H groups in total. The van der Waals surface area contributed by atoms with Crippen molar-refractivity contribution in [2.45, 2.75) is 26.8 Å². The fourth-order valence-electron chi connectivity index (χ4n) is 1.88. The van der Waals surface area contributed by atoms with Crippen LogP contribution < -0.4 is 4.74 Å². The summed E-state index contributed by atoms with van der Waals surface area (Å²) >= 11 is 0. The summed E-state index contributed by atoms with van der Waals surface area (Å²) in [6, 6.07) is 6.24. The second-order valence-electron chi connectivity index (χ2n) is 4.74. The summed E-state index contributed by atoms with van der Waals surface area (Å²) in [5.41, 5.74) is 2.20. The van der Waals surface area contributed by atoms with Crippen LogP contribution >= 0.6 is 0 Å². The van der Waals surface area contributed by atoms with E-state index in [-0.39, 0.29) is 6.04 Å². The van der Waals surface area contributed by atoms with Gasteiger partial charge in [0.2, 0.25) is 5.90 Å². The van der Waals surface area contributed by atoms with Crippen molar-refractivity contribution in [2.24, 2.45) is 10.9 Å². The molecule has 0 saturated carbocycles. The van der Waals surface area contributed by atoms with Crippen molar-refractivity contribution in [3.8, 4) is 5.75 Å². The summed E-state index contributed by atoms with van der Waals surface area (Å²) in [5, 5.41) is 0. The molecule has 0 aromatic heterocycles. The predicted molar refractivity (Wildman–Crippen MR) is 68.8 cm³/mol. The van der Waals surface area contributed by atoms with E-state index in [1.165, 1.54) is 0 Å². The van der Waals surface area contributed by atoms with Gasteiger partial charge in [-0.15, -0.1) is 0 Å². The SMILES string of the molecule is COc1ccc(C2=NC(C(C)C)CO2)c(C)c1. The highest BCUT2D eigenvalue weighted by Gasteiger charge is 2.23. The first-order chi connectivity index (χ1) is 8.11. The maximum atomic E-state index is 5.68. The van der Waals surface area contributed by atoms with E-state index in [2.05, 4.69) is 18.8 Å². The molecular formula is C14H19NO2. The lowest BCUT2D eigenvalue weighted by Gasteiger charge is -2.07. The van der Waals surface area contributed by atoms with Crippen LogP contribution in [0.2, 0.25) is 0 Å². The second kappa shape index (κ2) is 4.78. The van der Waals surface area contributed by atoms with Gasteiger partial charge in [0.15, 0.2) is 0 Å². The molecule has 1 aromatic carbocycles. The highest BCUT2D eigenvalue weighted by atomic mass is 16.5. The van der Waals surface area contributed by atoms with Crippen LogP contribution in [0, 0.1) is 12.8 Å². The fraction of sp³-hybridized carbons (Fsp3) is 0.500. The molecule has 1 aromatic rings. The number of nitrogens with zero attached hydrogens (tertiary/aromatic N) is 1. The Balaban J connectivity index is 2.27. The lowest BCUT2D eigenvalue weighted by molar-refractivity contribution is 0.291. The zero-order valence-electron chi connectivity index (χ0n) is 10.9. The first-order valence-electron chi connectivity index (χ1n) is 5.97. The number of hydrogen-bond acceptors (Lipinski definition) is 3. The largest absolute Gasteiger partial charge is 0.497 e. The molecule has 0 aliphatic carbocycles. The minimum absolute atomic E-state index is 0.284. The minimum atomic E-state index is 0.284. The number of ether oxygens (including phenoxy) is 2. The molecular weight excluding hydrogens is 214 g/mol. The smallest absolute Gasteiger partial charge is 0.216 e. The first-order valence-corrected chi connectivity index (χ1v) is 5.97. The second-order valence-corrected chi connectivity index (χ2v) is 4.74. The third kappa shape index (κ3) is 2.43. The molecule has 0 saturated heterocycles. The topological polar surface area (TPSA) is 30.8 Å². The predicted octanol–water partition coefficient (Wildman–Crippen LogP) is 2.81. The van der Waals surface area contributed by atoms with Gasteiger partial charge in [-0.1, -0.05) is 13.8 Å². The highest BCUT2D eigenvalue weighted by molar-refractivity contribution is 5.96. The van der Waals surface area contributed by atoms with Gasteiger partial charge in [0.1, 0.15) is 12.4 Å². The van der Waals surface area contributed by atoms with E-state index in [4.69, 9.17) is 9.47 Å². The summed E-state index contributed by atoms with van der Waals surface area (Å²) < 4.78 is 10.9. The van der Waals surface area contributed by atoms with Gasteiger partial charge in [0.05, 0.1) is 13.2 Å². The average Bonchev–Trinajstić information content (AvgIpc) is 2.78. The van der Waals surface area contributed by atoms with Crippen LogP contribution in [0.4, 0.5) is 0 Å². The molecule has 3 nitrogen and oxygen atoms in total. The highest BCUT2D eigenvalue weighted by Crippen LogP contribution is 2.22. The lowest BCUT2D eigenvalue weighted by atomic mass is 10.1. The Bertz CT molecular complexity index is 438. The maximum absolute atomic E-state index is 5.68. The molecule has 1 atom stereocenters. The molecule has 17 heavy (non-hydrogen) atoms. The fourth-order valence-corrected chi connectivity index (χ4v) is 1.88. The molecule has 92 valence electrons. The van der Waals surface area contributed by atoms with Gasteiger partial charge in [-0.05, 0) is 36.6 Å². The molecule has 1 aliphatic heterocycles. The van der Waals surface area contributed by atoms with Crippen LogP contribution in [-0.2, 0) is 4.74 Å². The third-order valence-electron chi connectivity index (χ3n) is 3.11. The van der Waals surface area contributed by atoms with Crippen molar-refractivity contribution >= 4 is 5.90 Å². The van der Waals surface area contributed by atoms with E-state index in [1.807, 2.05) is 25.1 Å². The Labute approximate surface area is 102 Å². The van der Waals surface area contributed by atoms with E-state index in [9.17, 15) is 0 Å². The van der Waals surface area contributed by atoms with Gasteiger partial charge in [-0.3, -0.25) is 0 Å². The van der Waals surface area contributed by atoms with E-state index in [0.29, 0.717) is 12.5 Å². The summed E-state index contributed by atoms with van der Waals surface area (Å²) in [6.07, 6.45) is 0. The average molecular weight is 233 g/mol. The zero-order valence-corrected chi connectivity index (χ0v) is 10.9. The Morgan fingerprint density at radius 1 is 1.41 bits per heavy atom. The number of rotatable bonds is 3. The normalized spacial score (nSPS) is 19.1. The third-order valence-corrected chi connectivity index (χ3v) is 3.11. The Hall–Kier alpha value is -1.51. The van der Waals surface area contributed by atoms with E-state index < -0.39 is 0 Å². The van der Waals surface area contributed by atoms with Crippen LogP contribution in [-0.4, -0.2) is 25.7 Å². The Morgan fingerprint density at radius 2 is 2.18 bits per heavy atom. The molecule has 1 aliphatic rings. The molecule has 1 heterocycles. The van der Waals surface area contributed by atoms with Gasteiger partial charge in [-0.25, -0.2) is 4.99 Å². The lowest BCUT2D eigenvalue weighted by Crippen LogP contribution is -2.13. The molecule has 0 fully saturated rings. The van der Waals surface area contributed by atoms with Gasteiger partial charge in [0, 0.05) is 5.56 Å². The van der Waals surface area contributed by atoms with Gasteiger partial charge < -0.3 is 9.47 Å². The Morgan fingerprint density at radius 3 is 2.71 bits per heavy atom.